The first kappa shape index (κ1) is 16.3. The highest BCUT2D eigenvalue weighted by Crippen LogP contribution is 2.26. The standard InChI is InChI=1S/C20H24O2/c1-5-22-19(21)14-15-7-6-8-17(13-15)16-9-11-18(12-10-16)20(2,3)4/h6-13H,5,14H2,1-4H3. The quantitative estimate of drug-likeness (QED) is 0.761. The van der Waals surface area contributed by atoms with Crippen LogP contribution >= 0.6 is 0 Å². The molecular formula is C20H24O2. The second-order valence-corrected chi connectivity index (χ2v) is 6.51. The van der Waals surface area contributed by atoms with Crippen molar-refractivity contribution in [3.05, 3.63) is 59.7 Å². The van der Waals surface area contributed by atoms with Crippen molar-refractivity contribution in [2.24, 2.45) is 0 Å². The summed E-state index contributed by atoms with van der Waals surface area (Å²) < 4.78 is 5.01. The van der Waals surface area contributed by atoms with Gasteiger partial charge >= 0.3 is 5.97 Å². The van der Waals surface area contributed by atoms with Crippen LogP contribution in [-0.2, 0) is 21.4 Å². The first-order valence-corrected chi connectivity index (χ1v) is 7.75. The van der Waals surface area contributed by atoms with Crippen molar-refractivity contribution in [3.63, 3.8) is 0 Å². The molecule has 0 radical (unpaired) electrons. The fourth-order valence-electron chi connectivity index (χ4n) is 2.40. The summed E-state index contributed by atoms with van der Waals surface area (Å²) in [5, 5.41) is 0. The van der Waals surface area contributed by atoms with Gasteiger partial charge in [-0.15, -0.1) is 0 Å². The van der Waals surface area contributed by atoms with Crippen molar-refractivity contribution in [2.45, 2.75) is 39.5 Å². The maximum absolute atomic E-state index is 11.6. The number of hydrogen-bond acceptors (Lipinski definition) is 2. The monoisotopic (exact) mass is 296 g/mol. The highest BCUT2D eigenvalue weighted by Gasteiger charge is 2.13. The molecule has 116 valence electrons. The van der Waals surface area contributed by atoms with E-state index < -0.39 is 0 Å². The van der Waals surface area contributed by atoms with Crippen molar-refractivity contribution in [1.82, 2.24) is 0 Å². The third-order valence-electron chi connectivity index (χ3n) is 3.67. The lowest BCUT2D eigenvalue weighted by molar-refractivity contribution is -0.142. The molecule has 0 heterocycles. The molecule has 0 aliphatic carbocycles. The smallest absolute Gasteiger partial charge is 0.310 e. The van der Waals surface area contributed by atoms with Crippen molar-refractivity contribution in [1.29, 1.82) is 0 Å². The summed E-state index contributed by atoms with van der Waals surface area (Å²) in [5.41, 5.74) is 4.75. The molecule has 0 spiro atoms. The topological polar surface area (TPSA) is 26.3 Å². The fraction of sp³-hybridized carbons (Fsp3) is 0.350. The second kappa shape index (κ2) is 6.78. The van der Waals surface area contributed by atoms with Gasteiger partial charge in [0.1, 0.15) is 0 Å². The Labute approximate surface area is 133 Å². The van der Waals surface area contributed by atoms with E-state index in [1.807, 2.05) is 19.1 Å². The van der Waals surface area contributed by atoms with E-state index in [2.05, 4.69) is 57.2 Å². The zero-order valence-corrected chi connectivity index (χ0v) is 13.8. The van der Waals surface area contributed by atoms with Gasteiger partial charge in [0, 0.05) is 0 Å². The average Bonchev–Trinajstić information content (AvgIpc) is 2.47. The zero-order chi connectivity index (χ0) is 16.2. The molecule has 2 aromatic carbocycles. The van der Waals surface area contributed by atoms with E-state index in [9.17, 15) is 4.79 Å². The molecule has 0 saturated heterocycles. The maximum atomic E-state index is 11.6. The zero-order valence-electron chi connectivity index (χ0n) is 13.8. The molecule has 2 rings (SSSR count). The van der Waals surface area contributed by atoms with Gasteiger partial charge in [-0.2, -0.15) is 0 Å². The van der Waals surface area contributed by atoms with Gasteiger partial charge < -0.3 is 4.74 Å². The Morgan fingerprint density at radius 1 is 1.00 bits per heavy atom. The van der Waals surface area contributed by atoms with Crippen molar-refractivity contribution >= 4 is 5.97 Å². The number of rotatable bonds is 4. The molecule has 2 nitrogen and oxygen atoms in total. The predicted octanol–water partition coefficient (Wildman–Crippen LogP) is 4.76. The third-order valence-corrected chi connectivity index (χ3v) is 3.67. The van der Waals surface area contributed by atoms with Crippen LogP contribution in [0.15, 0.2) is 48.5 Å². The minimum atomic E-state index is -0.178. The maximum Gasteiger partial charge on any atom is 0.310 e. The van der Waals surface area contributed by atoms with Gasteiger partial charge in [0.15, 0.2) is 0 Å². The van der Waals surface area contributed by atoms with Crippen LogP contribution in [0.1, 0.15) is 38.8 Å². The Kier molecular flexibility index (Phi) is 5.02. The molecular weight excluding hydrogens is 272 g/mol. The Bertz CT molecular complexity index is 634. The minimum Gasteiger partial charge on any atom is -0.466 e. The number of carbonyl (C=O) groups excluding carboxylic acids is 1. The highest BCUT2D eigenvalue weighted by atomic mass is 16.5. The van der Waals surface area contributed by atoms with Crippen molar-refractivity contribution < 1.29 is 9.53 Å². The molecule has 0 bridgehead atoms. The first-order valence-electron chi connectivity index (χ1n) is 7.75. The molecule has 0 aliphatic rings. The van der Waals surface area contributed by atoms with E-state index in [1.165, 1.54) is 11.1 Å². The van der Waals surface area contributed by atoms with Crippen molar-refractivity contribution in [2.75, 3.05) is 6.61 Å². The molecule has 0 aromatic heterocycles. The Balaban J connectivity index is 2.20. The van der Waals surface area contributed by atoms with Crippen LogP contribution < -0.4 is 0 Å². The summed E-state index contributed by atoms with van der Waals surface area (Å²) in [6.45, 7) is 8.88. The van der Waals surface area contributed by atoms with E-state index in [-0.39, 0.29) is 11.4 Å². The van der Waals surface area contributed by atoms with Gasteiger partial charge in [0.25, 0.3) is 0 Å². The second-order valence-electron chi connectivity index (χ2n) is 6.51. The van der Waals surface area contributed by atoms with Gasteiger partial charge in [0.05, 0.1) is 13.0 Å². The van der Waals surface area contributed by atoms with E-state index in [0.717, 1.165) is 11.1 Å². The lowest BCUT2D eigenvalue weighted by Crippen LogP contribution is -2.10. The summed E-state index contributed by atoms with van der Waals surface area (Å²) in [5.74, 6) is -0.178. The van der Waals surface area contributed by atoms with Crippen LogP contribution in [0.3, 0.4) is 0 Å². The molecule has 2 heteroatoms. The Hall–Kier alpha value is -2.09. The number of hydrogen-bond donors (Lipinski definition) is 0. The van der Waals surface area contributed by atoms with E-state index in [0.29, 0.717) is 13.0 Å². The van der Waals surface area contributed by atoms with E-state index in [1.54, 1.807) is 0 Å². The van der Waals surface area contributed by atoms with Crippen molar-refractivity contribution in [3.8, 4) is 11.1 Å². The van der Waals surface area contributed by atoms with Crippen LogP contribution in [-0.4, -0.2) is 12.6 Å². The van der Waals surface area contributed by atoms with Gasteiger partial charge in [-0.05, 0) is 34.6 Å². The number of carbonyl (C=O) groups is 1. The van der Waals surface area contributed by atoms with Crippen LogP contribution in [0.4, 0.5) is 0 Å². The van der Waals surface area contributed by atoms with Gasteiger partial charge in [-0.3, -0.25) is 4.79 Å². The van der Waals surface area contributed by atoms with Crippen LogP contribution in [0.5, 0.6) is 0 Å². The van der Waals surface area contributed by atoms with E-state index in [4.69, 9.17) is 4.74 Å². The summed E-state index contributed by atoms with van der Waals surface area (Å²) >= 11 is 0. The summed E-state index contributed by atoms with van der Waals surface area (Å²) in [6, 6.07) is 16.7. The van der Waals surface area contributed by atoms with Gasteiger partial charge in [0.2, 0.25) is 0 Å². The molecule has 2 aromatic rings. The molecule has 0 N–H and O–H groups in total. The molecule has 0 unspecified atom stereocenters. The summed E-state index contributed by atoms with van der Waals surface area (Å²) in [6.07, 6.45) is 0.321. The molecule has 0 aliphatic heterocycles. The summed E-state index contributed by atoms with van der Waals surface area (Å²) in [7, 11) is 0. The van der Waals surface area contributed by atoms with Gasteiger partial charge in [-0.1, -0.05) is 69.3 Å². The first-order chi connectivity index (χ1) is 10.4. The van der Waals surface area contributed by atoms with Crippen LogP contribution in [0.2, 0.25) is 0 Å². The predicted molar refractivity (Wildman–Crippen MR) is 90.9 cm³/mol. The lowest BCUT2D eigenvalue weighted by atomic mass is 9.86. The molecule has 22 heavy (non-hydrogen) atoms. The molecule has 0 amide bonds. The molecule has 0 saturated carbocycles. The normalized spacial score (nSPS) is 11.3. The average molecular weight is 296 g/mol. The third kappa shape index (κ3) is 4.20. The minimum absolute atomic E-state index is 0.157. The van der Waals surface area contributed by atoms with Crippen LogP contribution in [0.25, 0.3) is 11.1 Å². The Morgan fingerprint density at radius 2 is 1.68 bits per heavy atom. The summed E-state index contributed by atoms with van der Waals surface area (Å²) in [4.78, 5) is 11.6. The van der Waals surface area contributed by atoms with Gasteiger partial charge in [-0.25, -0.2) is 0 Å². The largest absolute Gasteiger partial charge is 0.466 e. The number of benzene rings is 2. The van der Waals surface area contributed by atoms with Crippen LogP contribution in [0, 0.1) is 0 Å². The SMILES string of the molecule is CCOC(=O)Cc1cccc(-c2ccc(C(C)(C)C)cc2)c1. The number of esters is 1. The lowest BCUT2D eigenvalue weighted by Gasteiger charge is -2.19. The Morgan fingerprint density at radius 3 is 2.27 bits per heavy atom. The van der Waals surface area contributed by atoms with E-state index >= 15 is 0 Å². The fourth-order valence-corrected chi connectivity index (χ4v) is 2.40. The molecule has 0 fully saturated rings. The highest BCUT2D eigenvalue weighted by molar-refractivity contribution is 5.74. The number of ether oxygens (including phenoxy) is 1. The molecule has 0 atom stereocenters.